The number of hydrogen-bond donors (Lipinski definition) is 2. The van der Waals surface area contributed by atoms with Gasteiger partial charge >= 0.3 is 0 Å². The van der Waals surface area contributed by atoms with E-state index in [4.69, 9.17) is 11.6 Å². The molecule has 0 saturated carbocycles. The molecule has 0 aliphatic rings. The number of aromatic nitrogens is 2. The van der Waals surface area contributed by atoms with Gasteiger partial charge in [0.05, 0.1) is 11.7 Å². The highest BCUT2D eigenvalue weighted by molar-refractivity contribution is 6.30. The van der Waals surface area contributed by atoms with Crippen molar-refractivity contribution >= 4 is 34.3 Å². The predicted octanol–water partition coefficient (Wildman–Crippen LogP) is 3.17. The van der Waals surface area contributed by atoms with Crippen LogP contribution in [0.15, 0.2) is 42.6 Å². The van der Waals surface area contributed by atoms with Gasteiger partial charge in [0.25, 0.3) is 5.91 Å². The van der Waals surface area contributed by atoms with Crippen molar-refractivity contribution in [2.75, 3.05) is 13.6 Å². The van der Waals surface area contributed by atoms with E-state index in [1.807, 2.05) is 6.92 Å². The molecule has 0 radical (unpaired) electrons. The summed E-state index contributed by atoms with van der Waals surface area (Å²) in [7, 11) is 1.67. The van der Waals surface area contributed by atoms with Gasteiger partial charge in [-0.2, -0.15) is 0 Å². The minimum absolute atomic E-state index is 0.221. The smallest absolute Gasteiger partial charge is 0.268 e. The van der Waals surface area contributed by atoms with Gasteiger partial charge in [0, 0.05) is 25.4 Å². The summed E-state index contributed by atoms with van der Waals surface area (Å²) < 4.78 is 13.2. The van der Waals surface area contributed by atoms with E-state index in [9.17, 15) is 14.0 Å². The van der Waals surface area contributed by atoms with E-state index in [2.05, 4.69) is 15.3 Å². The van der Waals surface area contributed by atoms with Crippen LogP contribution in [0, 0.1) is 5.82 Å². The van der Waals surface area contributed by atoms with Crippen molar-refractivity contribution in [3.05, 3.63) is 64.8 Å². The molecule has 2 aromatic heterocycles. The number of nitrogens with one attached hydrogen (secondary N) is 2. The Bertz CT molecular complexity index is 1000. The van der Waals surface area contributed by atoms with Crippen molar-refractivity contribution in [2.45, 2.75) is 19.4 Å². The van der Waals surface area contributed by atoms with Crippen molar-refractivity contribution in [1.82, 2.24) is 20.2 Å². The van der Waals surface area contributed by atoms with E-state index >= 15 is 0 Å². The summed E-state index contributed by atoms with van der Waals surface area (Å²) in [4.78, 5) is 34.0. The van der Waals surface area contributed by atoms with E-state index in [-0.39, 0.29) is 18.1 Å². The quantitative estimate of drug-likeness (QED) is 0.621. The monoisotopic (exact) mass is 402 g/mol. The van der Waals surface area contributed by atoms with E-state index in [0.717, 1.165) is 10.9 Å². The molecular formula is C20H20ClFN4O2. The Balaban J connectivity index is 1.83. The number of benzene rings is 1. The number of H-pyrrole nitrogens is 1. The second kappa shape index (κ2) is 8.39. The minimum Gasteiger partial charge on any atom is -0.349 e. The lowest BCUT2D eigenvalue weighted by atomic mass is 10.0. The van der Waals surface area contributed by atoms with Crippen molar-refractivity contribution in [2.24, 2.45) is 0 Å². The van der Waals surface area contributed by atoms with Gasteiger partial charge in [0.1, 0.15) is 22.7 Å². The van der Waals surface area contributed by atoms with Crippen molar-refractivity contribution in [3.8, 4) is 0 Å². The van der Waals surface area contributed by atoms with Gasteiger partial charge in [-0.3, -0.25) is 9.59 Å². The number of pyridine rings is 1. The van der Waals surface area contributed by atoms with Crippen LogP contribution in [0.25, 0.3) is 10.9 Å². The van der Waals surface area contributed by atoms with Crippen molar-refractivity contribution < 1.29 is 14.0 Å². The molecule has 3 rings (SSSR count). The Morgan fingerprint density at radius 3 is 2.68 bits per heavy atom. The second-order valence-corrected chi connectivity index (χ2v) is 6.87. The maximum Gasteiger partial charge on any atom is 0.268 e. The van der Waals surface area contributed by atoms with Gasteiger partial charge in [-0.1, -0.05) is 23.7 Å². The van der Waals surface area contributed by atoms with Crippen LogP contribution in [0.4, 0.5) is 4.39 Å². The van der Waals surface area contributed by atoms with E-state index in [0.29, 0.717) is 22.9 Å². The average Bonchev–Trinajstić information content (AvgIpc) is 3.11. The highest BCUT2D eigenvalue weighted by atomic mass is 35.5. The van der Waals surface area contributed by atoms with Gasteiger partial charge in [-0.25, -0.2) is 9.37 Å². The molecule has 0 aliphatic carbocycles. The molecule has 2 heterocycles. The highest BCUT2D eigenvalue weighted by Gasteiger charge is 2.25. The first-order valence-electron chi connectivity index (χ1n) is 8.82. The third-order valence-electron chi connectivity index (χ3n) is 4.52. The summed E-state index contributed by atoms with van der Waals surface area (Å²) in [5.74, 6) is -0.995. The molecular weight excluding hydrogens is 383 g/mol. The lowest BCUT2D eigenvalue weighted by Gasteiger charge is -2.23. The number of rotatable bonds is 6. The zero-order valence-corrected chi connectivity index (χ0v) is 16.3. The Hall–Kier alpha value is -2.93. The Morgan fingerprint density at radius 2 is 2.00 bits per heavy atom. The summed E-state index contributed by atoms with van der Waals surface area (Å²) in [5, 5.41) is 3.85. The van der Waals surface area contributed by atoms with Gasteiger partial charge in [0.2, 0.25) is 5.91 Å². The molecule has 0 aliphatic heterocycles. The number of fused-ring (bicyclic) bond motifs is 1. The molecule has 28 heavy (non-hydrogen) atoms. The number of hydrogen-bond acceptors (Lipinski definition) is 3. The maximum atomic E-state index is 13.2. The van der Waals surface area contributed by atoms with Crippen LogP contribution in [0.5, 0.6) is 0 Å². The molecule has 0 saturated heterocycles. The first kappa shape index (κ1) is 19.8. The SMILES string of the molecule is CCN(C)C(=O)C(Cc1ccc(F)cc1)NC(=O)c1cc2cc(Cl)ncc2[nH]1. The fourth-order valence-electron chi connectivity index (χ4n) is 2.84. The third kappa shape index (κ3) is 4.48. The van der Waals surface area contributed by atoms with Crippen LogP contribution >= 0.6 is 11.6 Å². The number of nitrogens with zero attached hydrogens (tertiary/aromatic N) is 2. The zero-order chi connectivity index (χ0) is 20.3. The molecule has 0 fully saturated rings. The van der Waals surface area contributed by atoms with Gasteiger partial charge in [-0.15, -0.1) is 0 Å². The maximum absolute atomic E-state index is 13.2. The molecule has 1 aromatic carbocycles. The number of carbonyl (C=O) groups is 2. The summed E-state index contributed by atoms with van der Waals surface area (Å²) in [6.07, 6.45) is 1.79. The predicted molar refractivity (Wildman–Crippen MR) is 106 cm³/mol. The normalized spacial score (nSPS) is 12.0. The fourth-order valence-corrected chi connectivity index (χ4v) is 3.01. The summed E-state index contributed by atoms with van der Waals surface area (Å²) in [6.45, 7) is 2.36. The topological polar surface area (TPSA) is 78.1 Å². The van der Waals surface area contributed by atoms with Crippen LogP contribution in [0.3, 0.4) is 0 Å². The summed E-state index contributed by atoms with van der Waals surface area (Å²) in [5.41, 5.74) is 1.72. The van der Waals surface area contributed by atoms with Crippen LogP contribution in [-0.2, 0) is 11.2 Å². The standard InChI is InChI=1S/C20H20ClFN4O2/c1-3-26(2)20(28)16(8-12-4-6-14(22)7-5-12)25-19(27)15-9-13-10-18(21)23-11-17(13)24-15/h4-7,9-11,16,24H,3,8H2,1-2H3,(H,25,27). The Morgan fingerprint density at radius 1 is 1.29 bits per heavy atom. The first-order valence-corrected chi connectivity index (χ1v) is 9.19. The van der Waals surface area contributed by atoms with E-state index in [1.165, 1.54) is 17.0 Å². The van der Waals surface area contributed by atoms with Gasteiger partial charge in [0.15, 0.2) is 0 Å². The lowest BCUT2D eigenvalue weighted by molar-refractivity contribution is -0.131. The van der Waals surface area contributed by atoms with Crippen LogP contribution in [0.2, 0.25) is 5.15 Å². The molecule has 1 atom stereocenters. The fraction of sp³-hybridized carbons (Fsp3) is 0.250. The zero-order valence-electron chi connectivity index (χ0n) is 15.5. The van der Waals surface area contributed by atoms with Crippen molar-refractivity contribution in [1.29, 1.82) is 0 Å². The lowest BCUT2D eigenvalue weighted by Crippen LogP contribution is -2.48. The van der Waals surface area contributed by atoms with Crippen molar-refractivity contribution in [3.63, 3.8) is 0 Å². The summed E-state index contributed by atoms with van der Waals surface area (Å²) in [6, 6.07) is 8.38. The first-order chi connectivity index (χ1) is 13.4. The number of aromatic amines is 1. The van der Waals surface area contributed by atoms with E-state index < -0.39 is 11.9 Å². The third-order valence-corrected chi connectivity index (χ3v) is 4.73. The second-order valence-electron chi connectivity index (χ2n) is 6.49. The molecule has 1 unspecified atom stereocenters. The molecule has 0 spiro atoms. The van der Waals surface area contributed by atoms with Gasteiger partial charge in [-0.05, 0) is 36.8 Å². The van der Waals surface area contributed by atoms with E-state index in [1.54, 1.807) is 37.5 Å². The van der Waals surface area contributed by atoms with Crippen LogP contribution in [0.1, 0.15) is 23.0 Å². The average molecular weight is 403 g/mol. The summed E-state index contributed by atoms with van der Waals surface area (Å²) >= 11 is 5.88. The molecule has 0 bridgehead atoms. The Labute approximate surface area is 166 Å². The van der Waals surface area contributed by atoms with Crippen LogP contribution in [-0.4, -0.2) is 46.3 Å². The molecule has 146 valence electrons. The molecule has 2 amide bonds. The van der Waals surface area contributed by atoms with Gasteiger partial charge < -0.3 is 15.2 Å². The number of amides is 2. The van der Waals surface area contributed by atoms with Crippen LogP contribution < -0.4 is 5.32 Å². The molecule has 3 aromatic rings. The molecule has 2 N–H and O–H groups in total. The largest absolute Gasteiger partial charge is 0.349 e. The molecule has 8 heteroatoms. The number of halogens is 2. The highest BCUT2D eigenvalue weighted by Crippen LogP contribution is 2.18. The Kier molecular flexibility index (Phi) is 5.94. The number of carbonyl (C=O) groups excluding carboxylic acids is 2. The minimum atomic E-state index is -0.781. The number of likely N-dealkylation sites (N-methyl/N-ethyl adjacent to an activating group) is 1. The molecule has 6 nitrogen and oxygen atoms in total.